The van der Waals surface area contributed by atoms with E-state index in [2.05, 4.69) is 5.32 Å². The van der Waals surface area contributed by atoms with Gasteiger partial charge in [-0.15, -0.1) is 0 Å². The molecular weight excluding hydrogens is 221 g/mol. The van der Waals surface area contributed by atoms with Crippen LogP contribution in [0.1, 0.15) is 23.2 Å². The molecule has 2 rings (SSSR count). The van der Waals surface area contributed by atoms with Crippen LogP contribution in [0.4, 0.5) is 4.39 Å². The minimum absolute atomic E-state index is 0.105. The third-order valence-corrected chi connectivity index (χ3v) is 3.11. The van der Waals surface area contributed by atoms with E-state index in [1.54, 1.807) is 6.07 Å². The minimum atomic E-state index is -0.500. The molecule has 0 radical (unpaired) electrons. The highest BCUT2D eigenvalue weighted by Crippen LogP contribution is 2.21. The molecule has 92 valence electrons. The van der Waals surface area contributed by atoms with Gasteiger partial charge in [-0.25, -0.2) is 4.39 Å². The average molecular weight is 237 g/mol. The van der Waals surface area contributed by atoms with Gasteiger partial charge in [0.2, 0.25) is 0 Å². The summed E-state index contributed by atoms with van der Waals surface area (Å²) in [6.45, 7) is 1.58. The number of methoxy groups -OCH3 is 1. The molecule has 3 nitrogen and oxygen atoms in total. The largest absolute Gasteiger partial charge is 0.497 e. The zero-order valence-electron chi connectivity index (χ0n) is 9.83. The molecule has 0 spiro atoms. The maximum absolute atomic E-state index is 13.7. The van der Waals surface area contributed by atoms with E-state index < -0.39 is 5.82 Å². The zero-order valence-corrected chi connectivity index (χ0v) is 9.83. The third kappa shape index (κ3) is 2.64. The molecule has 0 aliphatic carbocycles. The average Bonchev–Trinajstić information content (AvgIpc) is 2.39. The molecular formula is C13H16FNO2. The van der Waals surface area contributed by atoms with Crippen LogP contribution in [0.15, 0.2) is 18.2 Å². The SMILES string of the molecule is COc1ccc(C(=O)C2CCCNC2)c(F)c1. The van der Waals surface area contributed by atoms with Crippen LogP contribution in [0.5, 0.6) is 5.75 Å². The van der Waals surface area contributed by atoms with Crippen molar-refractivity contribution < 1.29 is 13.9 Å². The van der Waals surface area contributed by atoms with Crippen LogP contribution in [-0.4, -0.2) is 26.0 Å². The normalized spacial score (nSPS) is 20.0. The van der Waals surface area contributed by atoms with Crippen molar-refractivity contribution in [2.24, 2.45) is 5.92 Å². The summed E-state index contributed by atoms with van der Waals surface area (Å²) in [6.07, 6.45) is 1.80. The molecule has 1 aromatic rings. The molecule has 0 saturated carbocycles. The summed E-state index contributed by atoms with van der Waals surface area (Å²) < 4.78 is 18.6. The Morgan fingerprint density at radius 1 is 1.53 bits per heavy atom. The lowest BCUT2D eigenvalue weighted by Crippen LogP contribution is -2.34. The monoisotopic (exact) mass is 237 g/mol. The van der Waals surface area contributed by atoms with Gasteiger partial charge in [0, 0.05) is 18.5 Å². The first-order valence-electron chi connectivity index (χ1n) is 5.81. The molecule has 1 N–H and O–H groups in total. The first-order valence-corrected chi connectivity index (χ1v) is 5.81. The molecule has 1 heterocycles. The zero-order chi connectivity index (χ0) is 12.3. The molecule has 1 fully saturated rings. The molecule has 1 aliphatic heterocycles. The molecule has 4 heteroatoms. The molecule has 0 amide bonds. The summed E-state index contributed by atoms with van der Waals surface area (Å²) in [5.41, 5.74) is 0.166. The summed E-state index contributed by atoms with van der Waals surface area (Å²) >= 11 is 0. The Labute approximate surface area is 100.0 Å². The summed E-state index contributed by atoms with van der Waals surface area (Å²) in [5.74, 6) is -0.287. The van der Waals surface area contributed by atoms with Gasteiger partial charge in [0.25, 0.3) is 0 Å². The van der Waals surface area contributed by atoms with E-state index in [1.165, 1.54) is 19.2 Å². The Balaban J connectivity index is 2.18. The maximum Gasteiger partial charge on any atom is 0.170 e. The molecule has 17 heavy (non-hydrogen) atoms. The molecule has 1 atom stereocenters. The number of ketones is 1. The topological polar surface area (TPSA) is 38.3 Å². The van der Waals surface area contributed by atoms with E-state index in [0.29, 0.717) is 12.3 Å². The van der Waals surface area contributed by atoms with Crippen LogP contribution in [0.25, 0.3) is 0 Å². The van der Waals surface area contributed by atoms with Gasteiger partial charge in [0.05, 0.1) is 12.7 Å². The predicted molar refractivity (Wildman–Crippen MR) is 62.9 cm³/mol. The first kappa shape index (κ1) is 12.0. The van der Waals surface area contributed by atoms with E-state index in [4.69, 9.17) is 4.74 Å². The fraction of sp³-hybridized carbons (Fsp3) is 0.462. The van der Waals surface area contributed by atoms with Crippen molar-refractivity contribution in [2.45, 2.75) is 12.8 Å². The molecule has 1 aliphatic rings. The van der Waals surface area contributed by atoms with Crippen molar-refractivity contribution in [3.8, 4) is 5.75 Å². The quantitative estimate of drug-likeness (QED) is 0.817. The van der Waals surface area contributed by atoms with Crippen LogP contribution in [0, 0.1) is 11.7 Å². The highest BCUT2D eigenvalue weighted by Gasteiger charge is 2.24. The highest BCUT2D eigenvalue weighted by atomic mass is 19.1. The van der Waals surface area contributed by atoms with Crippen molar-refractivity contribution in [3.05, 3.63) is 29.6 Å². The lowest BCUT2D eigenvalue weighted by molar-refractivity contribution is 0.0895. The van der Waals surface area contributed by atoms with Crippen molar-refractivity contribution in [3.63, 3.8) is 0 Å². The smallest absolute Gasteiger partial charge is 0.170 e. The Kier molecular flexibility index (Phi) is 3.74. The second kappa shape index (κ2) is 5.27. The van der Waals surface area contributed by atoms with Gasteiger partial charge in [-0.2, -0.15) is 0 Å². The second-order valence-corrected chi connectivity index (χ2v) is 4.25. The number of carbonyl (C=O) groups excluding carboxylic acids is 1. The standard InChI is InChI=1S/C13H16FNO2/c1-17-10-4-5-11(12(14)7-10)13(16)9-3-2-6-15-8-9/h4-5,7,9,15H,2-3,6,8H2,1H3. The fourth-order valence-corrected chi connectivity index (χ4v) is 2.12. The molecule has 1 aromatic carbocycles. The van der Waals surface area contributed by atoms with Crippen LogP contribution in [0.2, 0.25) is 0 Å². The van der Waals surface area contributed by atoms with Gasteiger partial charge in [0.1, 0.15) is 11.6 Å². The molecule has 0 aromatic heterocycles. The molecule has 0 bridgehead atoms. The van der Waals surface area contributed by atoms with E-state index in [1.807, 2.05) is 0 Å². The van der Waals surface area contributed by atoms with Gasteiger partial charge in [-0.1, -0.05) is 0 Å². The summed E-state index contributed by atoms with van der Waals surface area (Å²) in [6, 6.07) is 4.38. The van der Waals surface area contributed by atoms with Crippen molar-refractivity contribution in [1.82, 2.24) is 5.32 Å². The number of benzene rings is 1. The number of Topliss-reactive ketones (excluding diaryl/α,β-unsaturated/α-hetero) is 1. The first-order chi connectivity index (χ1) is 8.22. The number of hydrogen-bond donors (Lipinski definition) is 1. The number of ether oxygens (including phenoxy) is 1. The van der Waals surface area contributed by atoms with Crippen molar-refractivity contribution in [1.29, 1.82) is 0 Å². The molecule has 1 saturated heterocycles. The van der Waals surface area contributed by atoms with Crippen LogP contribution in [-0.2, 0) is 0 Å². The summed E-state index contributed by atoms with van der Waals surface area (Å²) in [5, 5.41) is 3.16. The minimum Gasteiger partial charge on any atom is -0.497 e. The summed E-state index contributed by atoms with van der Waals surface area (Å²) in [4.78, 5) is 12.1. The fourth-order valence-electron chi connectivity index (χ4n) is 2.12. The number of nitrogens with one attached hydrogen (secondary N) is 1. The van der Waals surface area contributed by atoms with Crippen molar-refractivity contribution in [2.75, 3.05) is 20.2 Å². The number of carbonyl (C=O) groups is 1. The Hall–Kier alpha value is -1.42. The Morgan fingerprint density at radius 3 is 2.94 bits per heavy atom. The van der Waals surface area contributed by atoms with Crippen LogP contribution < -0.4 is 10.1 Å². The summed E-state index contributed by atoms with van der Waals surface area (Å²) in [7, 11) is 1.47. The number of hydrogen-bond acceptors (Lipinski definition) is 3. The van der Waals surface area contributed by atoms with E-state index in [0.717, 1.165) is 19.4 Å². The van der Waals surface area contributed by atoms with Crippen LogP contribution >= 0.6 is 0 Å². The second-order valence-electron chi connectivity index (χ2n) is 4.25. The van der Waals surface area contributed by atoms with E-state index >= 15 is 0 Å². The van der Waals surface area contributed by atoms with E-state index in [-0.39, 0.29) is 17.3 Å². The third-order valence-electron chi connectivity index (χ3n) is 3.11. The highest BCUT2D eigenvalue weighted by molar-refractivity contribution is 5.98. The Bertz CT molecular complexity index is 414. The van der Waals surface area contributed by atoms with Gasteiger partial charge < -0.3 is 10.1 Å². The molecule has 1 unspecified atom stereocenters. The lowest BCUT2D eigenvalue weighted by Gasteiger charge is -2.21. The number of halogens is 1. The van der Waals surface area contributed by atoms with Gasteiger partial charge in [0.15, 0.2) is 5.78 Å². The lowest BCUT2D eigenvalue weighted by atomic mass is 9.91. The Morgan fingerprint density at radius 2 is 2.35 bits per heavy atom. The van der Waals surface area contributed by atoms with Gasteiger partial charge >= 0.3 is 0 Å². The van der Waals surface area contributed by atoms with Crippen LogP contribution in [0.3, 0.4) is 0 Å². The number of rotatable bonds is 3. The van der Waals surface area contributed by atoms with Gasteiger partial charge in [-0.3, -0.25) is 4.79 Å². The predicted octanol–water partition coefficient (Wildman–Crippen LogP) is 2.02. The number of piperidine rings is 1. The maximum atomic E-state index is 13.7. The van der Waals surface area contributed by atoms with E-state index in [9.17, 15) is 9.18 Å². The van der Waals surface area contributed by atoms with Gasteiger partial charge in [-0.05, 0) is 31.5 Å². The van der Waals surface area contributed by atoms with Crippen molar-refractivity contribution >= 4 is 5.78 Å².